The van der Waals surface area contributed by atoms with Gasteiger partial charge in [0.15, 0.2) is 0 Å². The Morgan fingerprint density at radius 3 is 2.93 bits per heavy atom. The van der Waals surface area contributed by atoms with E-state index in [1.54, 1.807) is 11.3 Å². The highest BCUT2D eigenvalue weighted by molar-refractivity contribution is 9.10. The van der Waals surface area contributed by atoms with Crippen molar-refractivity contribution in [2.75, 3.05) is 0 Å². The van der Waals surface area contributed by atoms with Crippen LogP contribution in [-0.4, -0.2) is 0 Å². The molecular formula is C13H9BrS. The number of thiophene rings is 1. The highest BCUT2D eigenvalue weighted by atomic mass is 79.9. The quantitative estimate of drug-likeness (QED) is 0.705. The van der Waals surface area contributed by atoms with Crippen molar-refractivity contribution in [3.8, 4) is 10.4 Å². The Balaban J connectivity index is 2.28. The maximum atomic E-state index is 3.65. The van der Waals surface area contributed by atoms with Gasteiger partial charge in [-0.3, -0.25) is 0 Å². The van der Waals surface area contributed by atoms with E-state index in [2.05, 4.69) is 57.7 Å². The van der Waals surface area contributed by atoms with Gasteiger partial charge in [-0.15, -0.1) is 11.3 Å². The summed E-state index contributed by atoms with van der Waals surface area (Å²) in [7, 11) is 0. The van der Waals surface area contributed by atoms with Gasteiger partial charge in [-0.25, -0.2) is 0 Å². The summed E-state index contributed by atoms with van der Waals surface area (Å²) in [4.78, 5) is 1.35. The van der Waals surface area contributed by atoms with E-state index in [1.807, 2.05) is 0 Å². The van der Waals surface area contributed by atoms with E-state index in [0.29, 0.717) is 0 Å². The summed E-state index contributed by atoms with van der Waals surface area (Å²) in [6, 6.07) is 8.61. The zero-order valence-corrected chi connectivity index (χ0v) is 10.4. The Hall–Kier alpha value is -0.860. The van der Waals surface area contributed by atoms with Crippen molar-refractivity contribution in [1.82, 2.24) is 0 Å². The minimum Gasteiger partial charge on any atom is -0.144 e. The second kappa shape index (κ2) is 3.62. The molecule has 0 saturated carbocycles. The third-order valence-corrected chi connectivity index (χ3v) is 4.23. The topological polar surface area (TPSA) is 0 Å². The van der Waals surface area contributed by atoms with E-state index in [1.165, 1.54) is 26.0 Å². The molecule has 0 fully saturated rings. The van der Waals surface area contributed by atoms with E-state index in [0.717, 1.165) is 6.42 Å². The fraction of sp³-hybridized carbons (Fsp3) is 0.0769. The van der Waals surface area contributed by atoms with Crippen LogP contribution in [0.4, 0.5) is 0 Å². The predicted molar refractivity (Wildman–Crippen MR) is 70.2 cm³/mol. The number of hydrogen-bond donors (Lipinski definition) is 0. The van der Waals surface area contributed by atoms with Crippen LogP contribution in [0.15, 0.2) is 40.2 Å². The number of fused-ring (bicyclic) bond motifs is 1. The molecule has 2 heteroatoms. The average Bonchev–Trinajstić information content (AvgIpc) is 2.85. The Kier molecular flexibility index (Phi) is 2.26. The number of allylic oxidation sites excluding steroid dienone is 1. The second-order valence-electron chi connectivity index (χ2n) is 3.57. The SMILES string of the molecule is Brc1ccc2c(c1-c1cccs1)CC=C2. The van der Waals surface area contributed by atoms with E-state index in [-0.39, 0.29) is 0 Å². The normalized spacial score (nSPS) is 13.1. The number of benzene rings is 1. The molecule has 0 atom stereocenters. The molecule has 2 aromatic rings. The number of hydrogen-bond acceptors (Lipinski definition) is 1. The molecule has 1 aromatic heterocycles. The summed E-state index contributed by atoms with van der Waals surface area (Å²) in [5.41, 5.74) is 4.18. The molecule has 0 N–H and O–H groups in total. The summed E-state index contributed by atoms with van der Waals surface area (Å²) < 4.78 is 1.20. The number of halogens is 1. The van der Waals surface area contributed by atoms with Crippen molar-refractivity contribution in [1.29, 1.82) is 0 Å². The molecule has 3 rings (SSSR count). The van der Waals surface area contributed by atoms with Gasteiger partial charge in [0.25, 0.3) is 0 Å². The molecule has 1 heterocycles. The monoisotopic (exact) mass is 276 g/mol. The largest absolute Gasteiger partial charge is 0.144 e. The summed E-state index contributed by atoms with van der Waals surface area (Å²) >= 11 is 5.45. The molecule has 0 unspecified atom stereocenters. The Labute approximate surface area is 101 Å². The van der Waals surface area contributed by atoms with Gasteiger partial charge in [-0.1, -0.05) is 40.2 Å². The first-order valence-electron chi connectivity index (χ1n) is 4.88. The lowest BCUT2D eigenvalue weighted by Gasteiger charge is -2.09. The molecule has 0 amide bonds. The summed E-state index contributed by atoms with van der Waals surface area (Å²) in [5, 5.41) is 2.13. The molecular weight excluding hydrogens is 268 g/mol. The maximum absolute atomic E-state index is 3.65. The standard InChI is InChI=1S/C13H9BrS/c14-11-7-6-9-3-1-4-10(9)13(11)12-5-2-8-15-12/h1-3,5-8H,4H2. The smallest absolute Gasteiger partial charge is 0.0357 e. The highest BCUT2D eigenvalue weighted by Crippen LogP contribution is 2.38. The van der Waals surface area contributed by atoms with E-state index in [4.69, 9.17) is 0 Å². The molecule has 0 nitrogen and oxygen atoms in total. The Morgan fingerprint density at radius 2 is 2.13 bits per heavy atom. The van der Waals surface area contributed by atoms with Crippen LogP contribution in [-0.2, 0) is 6.42 Å². The first-order chi connectivity index (χ1) is 7.36. The van der Waals surface area contributed by atoms with Crippen molar-refractivity contribution in [2.45, 2.75) is 6.42 Å². The fourth-order valence-corrected chi connectivity index (χ4v) is 3.53. The lowest BCUT2D eigenvalue weighted by Crippen LogP contribution is -1.88. The lowest BCUT2D eigenvalue weighted by molar-refractivity contribution is 1.31. The molecule has 1 aliphatic rings. The maximum Gasteiger partial charge on any atom is 0.0357 e. The highest BCUT2D eigenvalue weighted by Gasteiger charge is 2.15. The molecule has 74 valence electrons. The summed E-state index contributed by atoms with van der Waals surface area (Å²) in [6.45, 7) is 0. The molecule has 0 saturated heterocycles. The fourth-order valence-electron chi connectivity index (χ4n) is 2.00. The summed E-state index contributed by atoms with van der Waals surface area (Å²) in [5.74, 6) is 0. The van der Waals surface area contributed by atoms with E-state index >= 15 is 0 Å². The van der Waals surface area contributed by atoms with Gasteiger partial charge < -0.3 is 0 Å². The molecule has 0 spiro atoms. The van der Waals surface area contributed by atoms with Crippen LogP contribution in [0.1, 0.15) is 11.1 Å². The van der Waals surface area contributed by atoms with Gasteiger partial charge in [0, 0.05) is 14.9 Å². The van der Waals surface area contributed by atoms with Crippen LogP contribution in [0, 0.1) is 0 Å². The van der Waals surface area contributed by atoms with Crippen molar-refractivity contribution in [3.63, 3.8) is 0 Å². The van der Waals surface area contributed by atoms with Gasteiger partial charge in [0.05, 0.1) is 0 Å². The van der Waals surface area contributed by atoms with Crippen LogP contribution in [0.3, 0.4) is 0 Å². The lowest BCUT2D eigenvalue weighted by atomic mass is 10.0. The van der Waals surface area contributed by atoms with Crippen LogP contribution >= 0.6 is 27.3 Å². The second-order valence-corrected chi connectivity index (χ2v) is 5.38. The Bertz CT molecular complexity index is 524. The third kappa shape index (κ3) is 1.48. The van der Waals surface area contributed by atoms with Crippen molar-refractivity contribution in [2.24, 2.45) is 0 Å². The van der Waals surface area contributed by atoms with Gasteiger partial charge in [0.2, 0.25) is 0 Å². The molecule has 1 aliphatic carbocycles. The molecule has 0 bridgehead atoms. The average molecular weight is 277 g/mol. The Morgan fingerprint density at radius 1 is 1.20 bits per heavy atom. The molecule has 0 radical (unpaired) electrons. The van der Waals surface area contributed by atoms with E-state index in [9.17, 15) is 0 Å². The van der Waals surface area contributed by atoms with E-state index < -0.39 is 0 Å². The van der Waals surface area contributed by atoms with Crippen molar-refractivity contribution >= 4 is 33.3 Å². The minimum atomic E-state index is 1.06. The van der Waals surface area contributed by atoms with Gasteiger partial charge in [0.1, 0.15) is 0 Å². The van der Waals surface area contributed by atoms with Crippen LogP contribution in [0.2, 0.25) is 0 Å². The third-order valence-electron chi connectivity index (χ3n) is 2.69. The first kappa shape index (κ1) is 9.37. The predicted octanol–water partition coefficient (Wildman–Crippen LogP) is 4.75. The first-order valence-corrected chi connectivity index (χ1v) is 6.55. The van der Waals surface area contributed by atoms with Gasteiger partial charge in [-0.05, 0) is 35.1 Å². The minimum absolute atomic E-state index is 1.06. The van der Waals surface area contributed by atoms with Crippen molar-refractivity contribution in [3.05, 3.63) is 51.3 Å². The molecule has 15 heavy (non-hydrogen) atoms. The zero-order chi connectivity index (χ0) is 10.3. The number of rotatable bonds is 1. The molecule has 1 aromatic carbocycles. The van der Waals surface area contributed by atoms with Gasteiger partial charge >= 0.3 is 0 Å². The van der Waals surface area contributed by atoms with Crippen LogP contribution in [0.5, 0.6) is 0 Å². The van der Waals surface area contributed by atoms with Crippen LogP contribution in [0.25, 0.3) is 16.5 Å². The van der Waals surface area contributed by atoms with Crippen LogP contribution < -0.4 is 0 Å². The molecule has 0 aliphatic heterocycles. The van der Waals surface area contributed by atoms with Crippen molar-refractivity contribution < 1.29 is 0 Å². The zero-order valence-electron chi connectivity index (χ0n) is 8.03. The van der Waals surface area contributed by atoms with Gasteiger partial charge in [-0.2, -0.15) is 0 Å². The summed E-state index contributed by atoms with van der Waals surface area (Å²) in [6.07, 6.45) is 5.50.